The summed E-state index contributed by atoms with van der Waals surface area (Å²) in [5.74, 6) is -1.14. The summed E-state index contributed by atoms with van der Waals surface area (Å²) in [6.07, 6.45) is 0. The SMILES string of the molecule is CC(=O)c1cc(F)ccc1OCC(=O)Nc1cccc(Cl)c1. The van der Waals surface area contributed by atoms with Crippen LogP contribution in [0.1, 0.15) is 17.3 Å². The van der Waals surface area contributed by atoms with Crippen molar-refractivity contribution in [2.45, 2.75) is 6.92 Å². The number of nitrogens with one attached hydrogen (secondary N) is 1. The highest BCUT2D eigenvalue weighted by Crippen LogP contribution is 2.20. The molecule has 0 aliphatic rings. The third-order valence-electron chi connectivity index (χ3n) is 2.79. The lowest BCUT2D eigenvalue weighted by atomic mass is 10.1. The van der Waals surface area contributed by atoms with Crippen molar-refractivity contribution in [1.29, 1.82) is 0 Å². The maximum atomic E-state index is 13.1. The van der Waals surface area contributed by atoms with Gasteiger partial charge in [-0.1, -0.05) is 17.7 Å². The minimum Gasteiger partial charge on any atom is -0.483 e. The van der Waals surface area contributed by atoms with E-state index in [4.69, 9.17) is 16.3 Å². The number of Topliss-reactive ketones (excluding diaryl/α,β-unsaturated/α-hetero) is 1. The first-order valence-electron chi connectivity index (χ1n) is 6.44. The van der Waals surface area contributed by atoms with Crippen molar-refractivity contribution in [2.75, 3.05) is 11.9 Å². The molecule has 4 nitrogen and oxygen atoms in total. The summed E-state index contributed by atoms with van der Waals surface area (Å²) in [5.41, 5.74) is 0.627. The molecule has 0 aromatic heterocycles. The van der Waals surface area contributed by atoms with Crippen LogP contribution in [0.5, 0.6) is 5.75 Å². The van der Waals surface area contributed by atoms with Gasteiger partial charge in [0.15, 0.2) is 12.4 Å². The largest absolute Gasteiger partial charge is 0.483 e. The number of carbonyl (C=O) groups excluding carboxylic acids is 2. The first kappa shape index (κ1) is 16.0. The van der Waals surface area contributed by atoms with Crippen molar-refractivity contribution >= 4 is 29.0 Å². The molecule has 0 radical (unpaired) electrons. The molecule has 0 bridgehead atoms. The lowest BCUT2D eigenvalue weighted by molar-refractivity contribution is -0.118. The van der Waals surface area contributed by atoms with E-state index in [2.05, 4.69) is 5.32 Å². The molecule has 0 aliphatic carbocycles. The van der Waals surface area contributed by atoms with Gasteiger partial charge < -0.3 is 10.1 Å². The summed E-state index contributed by atoms with van der Waals surface area (Å²) in [4.78, 5) is 23.2. The Morgan fingerprint density at radius 2 is 2.00 bits per heavy atom. The minimum absolute atomic E-state index is 0.0931. The van der Waals surface area contributed by atoms with Gasteiger partial charge in [-0.15, -0.1) is 0 Å². The second-order valence-electron chi connectivity index (χ2n) is 4.54. The third-order valence-corrected chi connectivity index (χ3v) is 3.02. The van der Waals surface area contributed by atoms with Gasteiger partial charge in [0.2, 0.25) is 0 Å². The Morgan fingerprint density at radius 3 is 2.68 bits per heavy atom. The molecule has 114 valence electrons. The van der Waals surface area contributed by atoms with Crippen LogP contribution in [0, 0.1) is 5.82 Å². The highest BCUT2D eigenvalue weighted by atomic mass is 35.5. The van der Waals surface area contributed by atoms with Crippen LogP contribution in [-0.2, 0) is 4.79 Å². The Balaban J connectivity index is 2.01. The zero-order valence-electron chi connectivity index (χ0n) is 11.7. The standard InChI is InChI=1S/C16H13ClFNO3/c1-10(20)14-8-12(18)5-6-15(14)22-9-16(21)19-13-4-2-3-11(17)7-13/h2-8H,9H2,1H3,(H,19,21). The van der Waals surface area contributed by atoms with Crippen LogP contribution in [0.2, 0.25) is 5.02 Å². The Morgan fingerprint density at radius 1 is 1.23 bits per heavy atom. The van der Waals surface area contributed by atoms with Gasteiger partial charge in [-0.05, 0) is 43.3 Å². The lowest BCUT2D eigenvalue weighted by Crippen LogP contribution is -2.20. The van der Waals surface area contributed by atoms with Crippen LogP contribution in [-0.4, -0.2) is 18.3 Å². The summed E-state index contributed by atoms with van der Waals surface area (Å²) in [5, 5.41) is 3.10. The fourth-order valence-corrected chi connectivity index (χ4v) is 2.00. The number of amides is 1. The molecule has 2 rings (SSSR count). The average Bonchev–Trinajstić information content (AvgIpc) is 2.45. The summed E-state index contributed by atoms with van der Waals surface area (Å²) < 4.78 is 18.4. The lowest BCUT2D eigenvalue weighted by Gasteiger charge is -2.10. The average molecular weight is 322 g/mol. The van der Waals surface area contributed by atoms with Gasteiger partial charge in [0, 0.05) is 10.7 Å². The first-order valence-corrected chi connectivity index (χ1v) is 6.82. The molecule has 0 saturated heterocycles. The summed E-state index contributed by atoms with van der Waals surface area (Å²) in [6.45, 7) is 0.992. The highest BCUT2D eigenvalue weighted by Gasteiger charge is 2.12. The van der Waals surface area contributed by atoms with Gasteiger partial charge in [0.05, 0.1) is 5.56 Å². The smallest absolute Gasteiger partial charge is 0.262 e. The second-order valence-corrected chi connectivity index (χ2v) is 4.98. The van der Waals surface area contributed by atoms with E-state index in [9.17, 15) is 14.0 Å². The number of hydrogen-bond acceptors (Lipinski definition) is 3. The van der Waals surface area contributed by atoms with Gasteiger partial charge in [0.1, 0.15) is 11.6 Å². The van der Waals surface area contributed by atoms with Crippen LogP contribution in [0.15, 0.2) is 42.5 Å². The Labute approximate surface area is 131 Å². The number of carbonyl (C=O) groups is 2. The summed E-state index contributed by atoms with van der Waals surface area (Å²) >= 11 is 5.82. The number of hydrogen-bond donors (Lipinski definition) is 1. The number of anilines is 1. The molecule has 0 saturated carbocycles. The van der Waals surface area contributed by atoms with Crippen LogP contribution >= 0.6 is 11.6 Å². The zero-order chi connectivity index (χ0) is 16.1. The normalized spacial score (nSPS) is 10.1. The van der Waals surface area contributed by atoms with Crippen molar-refractivity contribution in [3.63, 3.8) is 0 Å². The topological polar surface area (TPSA) is 55.4 Å². The van der Waals surface area contributed by atoms with Crippen molar-refractivity contribution in [3.8, 4) is 5.75 Å². The molecule has 0 fully saturated rings. The van der Waals surface area contributed by atoms with Crippen LogP contribution in [0.3, 0.4) is 0 Å². The van der Waals surface area contributed by atoms with Crippen LogP contribution in [0.4, 0.5) is 10.1 Å². The fourth-order valence-electron chi connectivity index (χ4n) is 1.81. The second kappa shape index (κ2) is 7.04. The third kappa shape index (κ3) is 4.30. The monoisotopic (exact) mass is 321 g/mol. The zero-order valence-corrected chi connectivity index (χ0v) is 12.5. The van der Waals surface area contributed by atoms with E-state index in [1.165, 1.54) is 13.0 Å². The molecule has 6 heteroatoms. The minimum atomic E-state index is -0.541. The van der Waals surface area contributed by atoms with Gasteiger partial charge in [-0.3, -0.25) is 9.59 Å². The van der Waals surface area contributed by atoms with E-state index in [1.54, 1.807) is 24.3 Å². The molecular weight excluding hydrogens is 309 g/mol. The van der Waals surface area contributed by atoms with Gasteiger partial charge in [0.25, 0.3) is 5.91 Å². The summed E-state index contributed by atoms with van der Waals surface area (Å²) in [6, 6.07) is 10.2. The molecule has 1 amide bonds. The number of halogens is 2. The first-order chi connectivity index (χ1) is 10.5. The molecule has 2 aromatic rings. The predicted octanol–water partition coefficient (Wildman–Crippen LogP) is 3.70. The summed E-state index contributed by atoms with van der Waals surface area (Å²) in [7, 11) is 0. The van der Waals surface area contributed by atoms with Crippen molar-refractivity contribution in [1.82, 2.24) is 0 Å². The molecule has 0 aliphatic heterocycles. The fraction of sp³-hybridized carbons (Fsp3) is 0.125. The van der Waals surface area contributed by atoms with E-state index >= 15 is 0 Å². The van der Waals surface area contributed by atoms with Crippen molar-refractivity contribution in [2.24, 2.45) is 0 Å². The Kier molecular flexibility index (Phi) is 5.12. The van der Waals surface area contributed by atoms with Crippen molar-refractivity contribution < 1.29 is 18.7 Å². The maximum absolute atomic E-state index is 13.1. The number of ether oxygens (including phenoxy) is 1. The van der Waals surface area contributed by atoms with Gasteiger partial charge >= 0.3 is 0 Å². The molecule has 22 heavy (non-hydrogen) atoms. The van der Waals surface area contributed by atoms with Crippen LogP contribution in [0.25, 0.3) is 0 Å². The molecule has 0 heterocycles. The van der Waals surface area contributed by atoms with Gasteiger partial charge in [-0.2, -0.15) is 0 Å². The van der Waals surface area contributed by atoms with Gasteiger partial charge in [-0.25, -0.2) is 4.39 Å². The quantitative estimate of drug-likeness (QED) is 0.854. The number of ketones is 1. The molecule has 0 atom stereocenters. The number of rotatable bonds is 5. The van der Waals surface area contributed by atoms with E-state index in [0.29, 0.717) is 10.7 Å². The highest BCUT2D eigenvalue weighted by molar-refractivity contribution is 6.30. The molecule has 1 N–H and O–H groups in total. The molecule has 2 aromatic carbocycles. The van der Waals surface area contributed by atoms with Crippen LogP contribution < -0.4 is 10.1 Å². The maximum Gasteiger partial charge on any atom is 0.262 e. The van der Waals surface area contributed by atoms with E-state index < -0.39 is 11.7 Å². The van der Waals surface area contributed by atoms with E-state index in [0.717, 1.165) is 12.1 Å². The Bertz CT molecular complexity index is 718. The molecular formula is C16H13ClFNO3. The predicted molar refractivity (Wildman–Crippen MR) is 82.0 cm³/mol. The van der Waals surface area contributed by atoms with E-state index in [1.807, 2.05) is 0 Å². The molecule has 0 unspecified atom stereocenters. The van der Waals surface area contributed by atoms with E-state index in [-0.39, 0.29) is 23.7 Å². The van der Waals surface area contributed by atoms with Crippen molar-refractivity contribution in [3.05, 3.63) is 58.9 Å². The Hall–Kier alpha value is -2.40. The number of benzene rings is 2. The molecule has 0 spiro atoms.